The highest BCUT2D eigenvalue weighted by Crippen LogP contribution is 2.34. The van der Waals surface area contributed by atoms with Crippen LogP contribution in [-0.2, 0) is 4.79 Å². The van der Waals surface area contributed by atoms with Crippen molar-refractivity contribution in [2.45, 2.75) is 45.4 Å². The number of ketones is 1. The fourth-order valence-corrected chi connectivity index (χ4v) is 1.83. The van der Waals surface area contributed by atoms with E-state index in [-0.39, 0.29) is 5.41 Å². The Hall–Kier alpha value is -0.770. The Bertz CT molecular complexity index is 212. The quantitative estimate of drug-likeness (QED) is 0.430. The molecule has 12 heavy (non-hydrogen) atoms. The van der Waals surface area contributed by atoms with E-state index in [0.29, 0.717) is 12.2 Å². The van der Waals surface area contributed by atoms with Crippen molar-refractivity contribution in [3.63, 3.8) is 0 Å². The highest BCUT2D eigenvalue weighted by atomic mass is 16.1. The zero-order valence-electron chi connectivity index (χ0n) is 7.73. The summed E-state index contributed by atoms with van der Waals surface area (Å²) < 4.78 is 0. The van der Waals surface area contributed by atoms with Gasteiger partial charge in [0.25, 0.3) is 0 Å². The van der Waals surface area contributed by atoms with Gasteiger partial charge >= 0.3 is 0 Å². The molecule has 0 aliphatic heterocycles. The molecular formula is C11H16O. The van der Waals surface area contributed by atoms with E-state index in [9.17, 15) is 4.79 Å². The Balaban J connectivity index is 2.70. The maximum Gasteiger partial charge on any atom is 0.139 e. The molecule has 0 saturated heterocycles. The number of terminal acetylenes is 1. The number of carbonyl (C=O) groups is 1. The molecule has 0 bridgehead atoms. The lowest BCUT2D eigenvalue weighted by Crippen LogP contribution is -2.25. The van der Waals surface area contributed by atoms with Gasteiger partial charge in [0.15, 0.2) is 0 Å². The predicted octanol–water partition coefficient (Wildman–Crippen LogP) is 2.55. The lowest BCUT2D eigenvalue weighted by atomic mass is 9.79. The normalized spacial score (nSPS) is 30.8. The van der Waals surface area contributed by atoms with Gasteiger partial charge < -0.3 is 0 Å². The molecule has 0 radical (unpaired) electrons. The largest absolute Gasteiger partial charge is 0.299 e. The minimum atomic E-state index is -0.203. The van der Waals surface area contributed by atoms with Crippen molar-refractivity contribution in [2.24, 2.45) is 5.41 Å². The van der Waals surface area contributed by atoms with Crippen LogP contribution in [0.15, 0.2) is 0 Å². The Morgan fingerprint density at radius 3 is 2.92 bits per heavy atom. The Labute approximate surface area is 74.5 Å². The van der Waals surface area contributed by atoms with E-state index in [1.165, 1.54) is 6.42 Å². The monoisotopic (exact) mass is 164 g/mol. The zero-order chi connectivity index (χ0) is 9.03. The fourth-order valence-electron chi connectivity index (χ4n) is 1.83. The first-order valence-electron chi connectivity index (χ1n) is 4.66. The molecule has 1 heteroatoms. The van der Waals surface area contributed by atoms with E-state index in [1.807, 2.05) is 6.92 Å². The average molecular weight is 164 g/mol. The highest BCUT2D eigenvalue weighted by Gasteiger charge is 2.32. The second kappa shape index (κ2) is 3.76. The van der Waals surface area contributed by atoms with Gasteiger partial charge in [-0.3, -0.25) is 4.79 Å². The third kappa shape index (κ3) is 1.88. The Kier molecular flexibility index (Phi) is 2.92. The molecule has 1 saturated carbocycles. The van der Waals surface area contributed by atoms with E-state index in [0.717, 1.165) is 25.7 Å². The summed E-state index contributed by atoms with van der Waals surface area (Å²) in [6.07, 6.45) is 11.0. The summed E-state index contributed by atoms with van der Waals surface area (Å²) >= 11 is 0. The number of Topliss-reactive ketones (excluding diaryl/α,β-unsaturated/α-hetero) is 1. The van der Waals surface area contributed by atoms with Crippen molar-refractivity contribution in [1.29, 1.82) is 0 Å². The molecule has 1 atom stereocenters. The molecule has 66 valence electrons. The van der Waals surface area contributed by atoms with Crippen molar-refractivity contribution in [2.75, 3.05) is 0 Å². The molecular weight excluding hydrogens is 148 g/mol. The minimum Gasteiger partial charge on any atom is -0.299 e. The van der Waals surface area contributed by atoms with Crippen molar-refractivity contribution in [3.05, 3.63) is 0 Å². The molecule has 0 N–H and O–H groups in total. The molecule has 0 aromatic heterocycles. The minimum absolute atomic E-state index is 0.203. The van der Waals surface area contributed by atoms with Gasteiger partial charge in [0, 0.05) is 18.3 Å². The molecule has 1 rings (SSSR count). The lowest BCUT2D eigenvalue weighted by molar-refractivity contribution is -0.127. The number of rotatable bonds is 1. The van der Waals surface area contributed by atoms with E-state index in [1.54, 1.807) is 0 Å². The number of carbonyl (C=O) groups excluding carboxylic acids is 1. The van der Waals surface area contributed by atoms with Crippen LogP contribution in [0.4, 0.5) is 0 Å². The van der Waals surface area contributed by atoms with Crippen LogP contribution in [0.5, 0.6) is 0 Å². The van der Waals surface area contributed by atoms with E-state index in [2.05, 4.69) is 5.92 Å². The van der Waals surface area contributed by atoms with Crippen molar-refractivity contribution in [3.8, 4) is 12.3 Å². The maximum absolute atomic E-state index is 11.6. The summed E-state index contributed by atoms with van der Waals surface area (Å²) in [6.45, 7) is 2.01. The van der Waals surface area contributed by atoms with Gasteiger partial charge in [0.05, 0.1) is 0 Å². The molecule has 0 spiro atoms. The summed E-state index contributed by atoms with van der Waals surface area (Å²) in [4.78, 5) is 11.6. The van der Waals surface area contributed by atoms with Crippen LogP contribution in [0.25, 0.3) is 0 Å². The maximum atomic E-state index is 11.6. The van der Waals surface area contributed by atoms with Crippen molar-refractivity contribution < 1.29 is 4.79 Å². The van der Waals surface area contributed by atoms with Crippen LogP contribution in [0.1, 0.15) is 45.4 Å². The summed E-state index contributed by atoms with van der Waals surface area (Å²) in [6, 6.07) is 0. The standard InChI is InChI=1S/C11H16O/c1-3-8-11(2)9-6-4-5-7-10(11)12/h1H,4-9H2,2H3/t11-/m1/s1. The smallest absolute Gasteiger partial charge is 0.139 e. The van der Waals surface area contributed by atoms with Gasteiger partial charge in [0.2, 0.25) is 0 Å². The summed E-state index contributed by atoms with van der Waals surface area (Å²) in [5.74, 6) is 2.99. The molecule has 0 heterocycles. The van der Waals surface area contributed by atoms with Gasteiger partial charge in [-0.15, -0.1) is 12.3 Å². The Morgan fingerprint density at radius 2 is 2.25 bits per heavy atom. The molecule has 1 fully saturated rings. The molecule has 0 aromatic carbocycles. The van der Waals surface area contributed by atoms with Crippen molar-refractivity contribution >= 4 is 5.78 Å². The highest BCUT2D eigenvalue weighted by molar-refractivity contribution is 5.84. The van der Waals surface area contributed by atoms with Crippen LogP contribution in [0.2, 0.25) is 0 Å². The average Bonchev–Trinajstić information content (AvgIpc) is 2.17. The molecule has 0 unspecified atom stereocenters. The summed E-state index contributed by atoms with van der Waals surface area (Å²) in [5.41, 5.74) is -0.203. The fraction of sp³-hybridized carbons (Fsp3) is 0.727. The van der Waals surface area contributed by atoms with Crippen LogP contribution in [0, 0.1) is 17.8 Å². The van der Waals surface area contributed by atoms with Crippen molar-refractivity contribution in [1.82, 2.24) is 0 Å². The molecule has 1 aliphatic rings. The lowest BCUT2D eigenvalue weighted by Gasteiger charge is -2.23. The van der Waals surface area contributed by atoms with E-state index in [4.69, 9.17) is 6.42 Å². The number of hydrogen-bond donors (Lipinski definition) is 0. The van der Waals surface area contributed by atoms with Crippen LogP contribution in [-0.4, -0.2) is 5.78 Å². The summed E-state index contributed by atoms with van der Waals surface area (Å²) in [5, 5.41) is 0. The Morgan fingerprint density at radius 1 is 1.50 bits per heavy atom. The summed E-state index contributed by atoms with van der Waals surface area (Å²) in [7, 11) is 0. The molecule has 1 nitrogen and oxygen atoms in total. The van der Waals surface area contributed by atoms with Gasteiger partial charge in [-0.1, -0.05) is 19.8 Å². The third-order valence-corrected chi connectivity index (χ3v) is 2.80. The predicted molar refractivity (Wildman–Crippen MR) is 49.6 cm³/mol. The molecule has 0 aromatic rings. The van der Waals surface area contributed by atoms with E-state index < -0.39 is 0 Å². The van der Waals surface area contributed by atoms with Gasteiger partial charge in [-0.2, -0.15) is 0 Å². The topological polar surface area (TPSA) is 17.1 Å². The molecule has 0 amide bonds. The first-order valence-corrected chi connectivity index (χ1v) is 4.66. The van der Waals surface area contributed by atoms with Crippen LogP contribution in [0.3, 0.4) is 0 Å². The molecule has 1 aliphatic carbocycles. The van der Waals surface area contributed by atoms with Crippen LogP contribution < -0.4 is 0 Å². The van der Waals surface area contributed by atoms with Gasteiger partial charge in [-0.25, -0.2) is 0 Å². The second-order valence-corrected chi connectivity index (χ2v) is 3.93. The van der Waals surface area contributed by atoms with Gasteiger partial charge in [-0.05, 0) is 12.8 Å². The number of hydrogen-bond acceptors (Lipinski definition) is 1. The first-order chi connectivity index (χ1) is 5.69. The van der Waals surface area contributed by atoms with E-state index >= 15 is 0 Å². The SMILES string of the molecule is C#CC[C@]1(C)CCCCCC1=O. The zero-order valence-corrected chi connectivity index (χ0v) is 7.73. The van der Waals surface area contributed by atoms with Crippen LogP contribution >= 0.6 is 0 Å². The van der Waals surface area contributed by atoms with Gasteiger partial charge in [0.1, 0.15) is 5.78 Å². The first kappa shape index (κ1) is 9.32. The second-order valence-electron chi connectivity index (χ2n) is 3.93. The third-order valence-electron chi connectivity index (χ3n) is 2.80.